The van der Waals surface area contributed by atoms with Crippen LogP contribution < -0.4 is 11.1 Å². The molecule has 0 saturated carbocycles. The number of nitrogens with one attached hydrogen (secondary N) is 1. The highest BCUT2D eigenvalue weighted by Crippen LogP contribution is 2.28. The van der Waals surface area contributed by atoms with E-state index < -0.39 is 5.82 Å². The lowest BCUT2D eigenvalue weighted by Gasteiger charge is -2.17. The molecule has 9 heteroatoms. The van der Waals surface area contributed by atoms with Crippen LogP contribution in [0.1, 0.15) is 24.4 Å². The lowest BCUT2D eigenvalue weighted by atomic mass is 10.2. The summed E-state index contributed by atoms with van der Waals surface area (Å²) in [6, 6.07) is 10.5. The SMILES string of the molecule is C[C@H](Nc1ncnc(N)c1C#N)c1nc2ccccc2n1-c1cncc(F)c1. The van der Waals surface area contributed by atoms with E-state index in [1.807, 2.05) is 41.8 Å². The molecule has 28 heavy (non-hydrogen) atoms. The molecule has 0 bridgehead atoms. The van der Waals surface area contributed by atoms with Crippen molar-refractivity contribution in [1.82, 2.24) is 24.5 Å². The molecule has 0 fully saturated rings. The first kappa shape index (κ1) is 17.4. The quantitative estimate of drug-likeness (QED) is 0.564. The maximum atomic E-state index is 13.8. The minimum Gasteiger partial charge on any atom is -0.382 e. The van der Waals surface area contributed by atoms with Crippen LogP contribution in [0, 0.1) is 17.1 Å². The molecular formula is C19H15FN8. The summed E-state index contributed by atoms with van der Waals surface area (Å²) < 4.78 is 15.6. The molecule has 1 atom stereocenters. The maximum absolute atomic E-state index is 13.8. The molecule has 4 aromatic rings. The molecule has 0 aliphatic rings. The minimum atomic E-state index is -0.447. The van der Waals surface area contributed by atoms with Gasteiger partial charge in [0.25, 0.3) is 0 Å². The Bertz CT molecular complexity index is 1210. The fourth-order valence-corrected chi connectivity index (χ4v) is 3.02. The predicted molar refractivity (Wildman–Crippen MR) is 102 cm³/mol. The molecule has 0 aliphatic heterocycles. The van der Waals surface area contributed by atoms with Crippen molar-refractivity contribution in [3.8, 4) is 11.8 Å². The zero-order valence-corrected chi connectivity index (χ0v) is 14.8. The van der Waals surface area contributed by atoms with Gasteiger partial charge in [-0.05, 0) is 19.1 Å². The second-order valence-electron chi connectivity index (χ2n) is 6.12. The van der Waals surface area contributed by atoms with E-state index in [0.717, 1.165) is 17.2 Å². The van der Waals surface area contributed by atoms with Crippen LogP contribution >= 0.6 is 0 Å². The first-order valence-electron chi connectivity index (χ1n) is 8.44. The summed E-state index contributed by atoms with van der Waals surface area (Å²) in [7, 11) is 0. The van der Waals surface area contributed by atoms with Crippen molar-refractivity contribution >= 4 is 22.7 Å². The molecule has 0 aliphatic carbocycles. The molecule has 3 N–H and O–H groups in total. The third kappa shape index (κ3) is 2.97. The summed E-state index contributed by atoms with van der Waals surface area (Å²) in [5.41, 5.74) is 8.01. The normalized spacial score (nSPS) is 11.9. The number of benzene rings is 1. The Morgan fingerprint density at radius 2 is 2.07 bits per heavy atom. The van der Waals surface area contributed by atoms with Crippen LogP contribution in [0.2, 0.25) is 0 Å². The summed E-state index contributed by atoms with van der Waals surface area (Å²) in [6.45, 7) is 1.86. The van der Waals surface area contributed by atoms with Gasteiger partial charge in [0.2, 0.25) is 0 Å². The van der Waals surface area contributed by atoms with Crippen molar-refractivity contribution in [3.63, 3.8) is 0 Å². The van der Waals surface area contributed by atoms with Gasteiger partial charge in [-0.1, -0.05) is 12.1 Å². The average Bonchev–Trinajstić information content (AvgIpc) is 3.08. The largest absolute Gasteiger partial charge is 0.382 e. The topological polar surface area (TPSA) is 118 Å². The molecule has 0 saturated heterocycles. The average molecular weight is 374 g/mol. The summed E-state index contributed by atoms with van der Waals surface area (Å²) in [6.07, 6.45) is 3.99. The molecule has 0 amide bonds. The van der Waals surface area contributed by atoms with Gasteiger partial charge in [-0.3, -0.25) is 9.55 Å². The molecule has 3 heterocycles. The molecule has 0 unspecified atom stereocenters. The Hall–Kier alpha value is -4.06. The molecular weight excluding hydrogens is 359 g/mol. The number of nitriles is 1. The van der Waals surface area contributed by atoms with Gasteiger partial charge in [-0.2, -0.15) is 5.26 Å². The van der Waals surface area contributed by atoms with E-state index in [0.29, 0.717) is 17.3 Å². The van der Waals surface area contributed by atoms with Crippen LogP contribution in [0.25, 0.3) is 16.7 Å². The summed E-state index contributed by atoms with van der Waals surface area (Å²) in [4.78, 5) is 16.6. The minimum absolute atomic E-state index is 0.0926. The smallest absolute Gasteiger partial charge is 0.150 e. The summed E-state index contributed by atoms with van der Waals surface area (Å²) in [5.74, 6) is 0.556. The van der Waals surface area contributed by atoms with E-state index >= 15 is 0 Å². The monoisotopic (exact) mass is 374 g/mol. The van der Waals surface area contributed by atoms with Crippen molar-refractivity contribution in [2.45, 2.75) is 13.0 Å². The third-order valence-electron chi connectivity index (χ3n) is 4.26. The van der Waals surface area contributed by atoms with E-state index in [2.05, 4.69) is 25.3 Å². The molecule has 0 radical (unpaired) electrons. The summed E-state index contributed by atoms with van der Waals surface area (Å²) in [5, 5.41) is 12.5. The molecule has 8 nitrogen and oxygen atoms in total. The van der Waals surface area contributed by atoms with Crippen LogP contribution in [-0.4, -0.2) is 24.5 Å². The van der Waals surface area contributed by atoms with Crippen LogP contribution in [-0.2, 0) is 0 Å². The lowest BCUT2D eigenvalue weighted by molar-refractivity contribution is 0.619. The fraction of sp³-hybridized carbons (Fsp3) is 0.105. The number of rotatable bonds is 4. The Morgan fingerprint density at radius 3 is 2.86 bits per heavy atom. The Balaban J connectivity index is 1.84. The van der Waals surface area contributed by atoms with Gasteiger partial charge in [0.15, 0.2) is 0 Å². The molecule has 4 rings (SSSR count). The second-order valence-corrected chi connectivity index (χ2v) is 6.12. The number of nitrogen functional groups attached to an aromatic ring is 1. The van der Waals surface area contributed by atoms with Gasteiger partial charge in [0.05, 0.1) is 35.2 Å². The van der Waals surface area contributed by atoms with E-state index in [1.165, 1.54) is 12.4 Å². The molecule has 138 valence electrons. The van der Waals surface area contributed by atoms with E-state index in [-0.39, 0.29) is 17.4 Å². The Labute approximate surface area is 159 Å². The number of hydrogen-bond donors (Lipinski definition) is 2. The van der Waals surface area contributed by atoms with E-state index in [4.69, 9.17) is 5.73 Å². The molecule has 3 aromatic heterocycles. The number of pyridine rings is 1. The molecule has 1 aromatic carbocycles. The lowest BCUT2D eigenvalue weighted by Crippen LogP contribution is -2.15. The standard InChI is InChI=1S/C19H15FN8/c1-11(26-18-14(7-21)17(22)24-10-25-18)19-27-15-4-2-3-5-16(15)28(19)13-6-12(20)8-23-9-13/h2-6,8-11H,1H3,(H3,22,24,25,26)/t11-/m0/s1. The van der Waals surface area contributed by atoms with E-state index in [1.54, 1.807) is 6.20 Å². The van der Waals surface area contributed by atoms with Crippen LogP contribution in [0.15, 0.2) is 49.1 Å². The number of para-hydroxylation sites is 2. The van der Waals surface area contributed by atoms with Crippen LogP contribution in [0.3, 0.4) is 0 Å². The van der Waals surface area contributed by atoms with Gasteiger partial charge in [-0.15, -0.1) is 0 Å². The van der Waals surface area contributed by atoms with Gasteiger partial charge >= 0.3 is 0 Å². The van der Waals surface area contributed by atoms with Crippen LogP contribution in [0.4, 0.5) is 16.0 Å². The number of anilines is 2. The Kier molecular flexibility index (Phi) is 4.29. The van der Waals surface area contributed by atoms with Crippen molar-refractivity contribution in [1.29, 1.82) is 5.26 Å². The second kappa shape index (κ2) is 6.92. The predicted octanol–water partition coefficient (Wildman–Crippen LogP) is 2.98. The van der Waals surface area contributed by atoms with Gasteiger partial charge in [0, 0.05) is 6.07 Å². The Morgan fingerprint density at radius 1 is 1.25 bits per heavy atom. The number of nitrogens with zero attached hydrogens (tertiary/aromatic N) is 6. The maximum Gasteiger partial charge on any atom is 0.150 e. The highest BCUT2D eigenvalue weighted by Gasteiger charge is 2.20. The highest BCUT2D eigenvalue weighted by molar-refractivity contribution is 5.78. The number of imidazole rings is 1. The summed E-state index contributed by atoms with van der Waals surface area (Å²) >= 11 is 0. The van der Waals surface area contributed by atoms with Crippen molar-refractivity contribution in [3.05, 3.63) is 66.3 Å². The van der Waals surface area contributed by atoms with E-state index in [9.17, 15) is 9.65 Å². The van der Waals surface area contributed by atoms with Crippen molar-refractivity contribution in [2.24, 2.45) is 0 Å². The fourth-order valence-electron chi connectivity index (χ4n) is 3.02. The first-order valence-corrected chi connectivity index (χ1v) is 8.44. The number of hydrogen-bond acceptors (Lipinski definition) is 7. The zero-order valence-electron chi connectivity index (χ0n) is 14.8. The van der Waals surface area contributed by atoms with Gasteiger partial charge in [-0.25, -0.2) is 19.3 Å². The first-order chi connectivity index (χ1) is 13.6. The van der Waals surface area contributed by atoms with Crippen LogP contribution in [0.5, 0.6) is 0 Å². The highest BCUT2D eigenvalue weighted by atomic mass is 19.1. The van der Waals surface area contributed by atoms with Gasteiger partial charge in [0.1, 0.15) is 41.2 Å². The van der Waals surface area contributed by atoms with Gasteiger partial charge < -0.3 is 11.1 Å². The van der Waals surface area contributed by atoms with Crippen molar-refractivity contribution in [2.75, 3.05) is 11.1 Å². The third-order valence-corrected chi connectivity index (χ3v) is 4.26. The number of aromatic nitrogens is 5. The zero-order chi connectivity index (χ0) is 19.7. The number of halogens is 1. The molecule has 0 spiro atoms. The number of nitrogens with two attached hydrogens (primary N) is 1. The number of fused-ring (bicyclic) bond motifs is 1. The van der Waals surface area contributed by atoms with Crippen molar-refractivity contribution < 1.29 is 4.39 Å².